The lowest BCUT2D eigenvalue weighted by atomic mass is 10.1. The van der Waals surface area contributed by atoms with Crippen molar-refractivity contribution in [1.29, 1.82) is 5.26 Å². The third kappa shape index (κ3) is 2.13. The molecule has 0 saturated carbocycles. The molecule has 0 amide bonds. The molecule has 0 saturated heterocycles. The maximum absolute atomic E-state index is 12.6. The minimum Gasteiger partial charge on any atom is -0.292 e. The first kappa shape index (κ1) is 13.2. The molecular weight excluding hydrogens is 262 g/mol. The molecule has 0 spiro atoms. The number of imidazole rings is 1. The molecule has 0 aliphatic rings. The first-order chi connectivity index (χ1) is 10.3. The zero-order valence-corrected chi connectivity index (χ0v) is 11.8. The minimum atomic E-state index is -0.0357. The number of aromatic nitrogens is 2. The molecule has 0 atom stereocenters. The van der Waals surface area contributed by atoms with E-state index in [2.05, 4.69) is 6.07 Å². The van der Waals surface area contributed by atoms with E-state index in [4.69, 9.17) is 0 Å². The predicted octanol–water partition coefficient (Wildman–Crippen LogP) is 2.74. The minimum absolute atomic E-state index is 0.0357. The van der Waals surface area contributed by atoms with Crippen LogP contribution in [0, 0.1) is 11.3 Å². The molecule has 0 unspecified atom stereocenters. The molecule has 104 valence electrons. The molecule has 0 radical (unpaired) electrons. The van der Waals surface area contributed by atoms with E-state index in [0.717, 1.165) is 16.6 Å². The Kier molecular flexibility index (Phi) is 3.33. The number of benzene rings is 2. The fourth-order valence-electron chi connectivity index (χ4n) is 2.67. The normalized spacial score (nSPS) is 10.7. The lowest BCUT2D eigenvalue weighted by Crippen LogP contribution is -2.24. The van der Waals surface area contributed by atoms with Crippen molar-refractivity contribution in [2.24, 2.45) is 0 Å². The molecule has 4 nitrogen and oxygen atoms in total. The second kappa shape index (κ2) is 5.29. The molecule has 3 aromatic rings. The van der Waals surface area contributed by atoms with Crippen LogP contribution in [-0.2, 0) is 13.1 Å². The smallest absolute Gasteiger partial charge is 0.292 e. The molecular formula is C17H15N3O. The van der Waals surface area contributed by atoms with E-state index in [9.17, 15) is 10.1 Å². The predicted molar refractivity (Wildman–Crippen MR) is 82.1 cm³/mol. The number of para-hydroxylation sites is 2. The van der Waals surface area contributed by atoms with Crippen LogP contribution in [-0.4, -0.2) is 9.13 Å². The van der Waals surface area contributed by atoms with Gasteiger partial charge in [0.2, 0.25) is 0 Å². The van der Waals surface area contributed by atoms with E-state index in [1.54, 1.807) is 15.2 Å². The number of nitriles is 1. The molecule has 0 fully saturated rings. The average Bonchev–Trinajstić information content (AvgIpc) is 2.80. The maximum atomic E-state index is 12.6. The van der Waals surface area contributed by atoms with E-state index in [-0.39, 0.29) is 5.69 Å². The van der Waals surface area contributed by atoms with Crippen molar-refractivity contribution >= 4 is 11.0 Å². The summed E-state index contributed by atoms with van der Waals surface area (Å²) >= 11 is 0. The van der Waals surface area contributed by atoms with E-state index >= 15 is 0 Å². The summed E-state index contributed by atoms with van der Waals surface area (Å²) < 4.78 is 3.49. The summed E-state index contributed by atoms with van der Waals surface area (Å²) in [5, 5.41) is 9.19. The monoisotopic (exact) mass is 277 g/mol. The van der Waals surface area contributed by atoms with Gasteiger partial charge in [0.1, 0.15) is 0 Å². The summed E-state index contributed by atoms with van der Waals surface area (Å²) in [4.78, 5) is 12.6. The maximum Gasteiger partial charge on any atom is 0.329 e. The van der Waals surface area contributed by atoms with Gasteiger partial charge in [0.15, 0.2) is 0 Å². The highest BCUT2D eigenvalue weighted by molar-refractivity contribution is 5.76. The number of hydrogen-bond acceptors (Lipinski definition) is 2. The lowest BCUT2D eigenvalue weighted by molar-refractivity contribution is 0.684. The topological polar surface area (TPSA) is 50.7 Å². The molecule has 0 N–H and O–H groups in total. The van der Waals surface area contributed by atoms with Gasteiger partial charge in [-0.05, 0) is 30.7 Å². The van der Waals surface area contributed by atoms with Crippen molar-refractivity contribution in [2.75, 3.05) is 0 Å². The van der Waals surface area contributed by atoms with Gasteiger partial charge >= 0.3 is 5.69 Å². The zero-order chi connectivity index (χ0) is 14.8. The van der Waals surface area contributed by atoms with Gasteiger partial charge in [0.05, 0.1) is 29.2 Å². The summed E-state index contributed by atoms with van der Waals surface area (Å²) in [5.74, 6) is 0. The lowest BCUT2D eigenvalue weighted by Gasteiger charge is -2.05. The Morgan fingerprint density at radius 2 is 1.62 bits per heavy atom. The zero-order valence-electron chi connectivity index (χ0n) is 11.8. The quantitative estimate of drug-likeness (QED) is 0.739. The second-order valence-corrected chi connectivity index (χ2v) is 4.87. The molecule has 2 aromatic carbocycles. The number of nitrogens with zero attached hydrogens (tertiary/aromatic N) is 3. The summed E-state index contributed by atoms with van der Waals surface area (Å²) in [6.45, 7) is 3.00. The Balaban J connectivity index is 2.20. The van der Waals surface area contributed by atoms with Crippen molar-refractivity contribution in [2.45, 2.75) is 20.0 Å². The van der Waals surface area contributed by atoms with Crippen LogP contribution in [0.25, 0.3) is 11.0 Å². The van der Waals surface area contributed by atoms with E-state index < -0.39 is 0 Å². The highest BCUT2D eigenvalue weighted by Gasteiger charge is 2.12. The van der Waals surface area contributed by atoms with Gasteiger partial charge in [-0.2, -0.15) is 5.26 Å². The van der Waals surface area contributed by atoms with Crippen LogP contribution in [0.4, 0.5) is 0 Å². The highest BCUT2D eigenvalue weighted by atomic mass is 16.1. The fourth-order valence-corrected chi connectivity index (χ4v) is 2.67. The SMILES string of the molecule is CCn1c(=O)n(Cc2ccccc2C#N)c2ccccc21. The van der Waals surface area contributed by atoms with Crippen LogP contribution in [0.3, 0.4) is 0 Å². The van der Waals surface area contributed by atoms with Gasteiger partial charge in [0, 0.05) is 6.54 Å². The van der Waals surface area contributed by atoms with E-state index in [0.29, 0.717) is 18.7 Å². The van der Waals surface area contributed by atoms with Gasteiger partial charge in [-0.3, -0.25) is 9.13 Å². The highest BCUT2D eigenvalue weighted by Crippen LogP contribution is 2.16. The van der Waals surface area contributed by atoms with Gasteiger partial charge < -0.3 is 0 Å². The van der Waals surface area contributed by atoms with Gasteiger partial charge in [-0.1, -0.05) is 30.3 Å². The van der Waals surface area contributed by atoms with Gasteiger partial charge in [0.25, 0.3) is 0 Å². The van der Waals surface area contributed by atoms with Crippen molar-refractivity contribution in [1.82, 2.24) is 9.13 Å². The number of fused-ring (bicyclic) bond motifs is 1. The van der Waals surface area contributed by atoms with Gasteiger partial charge in [-0.15, -0.1) is 0 Å². The second-order valence-electron chi connectivity index (χ2n) is 4.87. The molecule has 4 heteroatoms. The molecule has 0 bridgehead atoms. The van der Waals surface area contributed by atoms with Crippen molar-refractivity contribution in [3.05, 3.63) is 70.1 Å². The average molecular weight is 277 g/mol. The van der Waals surface area contributed by atoms with Crippen molar-refractivity contribution < 1.29 is 0 Å². The van der Waals surface area contributed by atoms with Crippen LogP contribution >= 0.6 is 0 Å². The standard InChI is InChI=1S/C17H15N3O/c1-2-19-15-9-5-6-10-16(15)20(17(19)21)12-14-8-4-3-7-13(14)11-18/h3-10H,2,12H2,1H3. The van der Waals surface area contributed by atoms with Crippen LogP contribution in [0.2, 0.25) is 0 Å². The van der Waals surface area contributed by atoms with E-state index in [1.165, 1.54) is 0 Å². The molecule has 0 aliphatic carbocycles. The van der Waals surface area contributed by atoms with Crippen LogP contribution < -0.4 is 5.69 Å². The van der Waals surface area contributed by atoms with Crippen molar-refractivity contribution in [3.63, 3.8) is 0 Å². The summed E-state index contributed by atoms with van der Waals surface area (Å²) in [5.41, 5.74) is 3.27. The molecule has 3 rings (SSSR count). The number of aryl methyl sites for hydroxylation is 1. The Hall–Kier alpha value is -2.80. The van der Waals surface area contributed by atoms with Crippen LogP contribution in [0.5, 0.6) is 0 Å². The molecule has 21 heavy (non-hydrogen) atoms. The molecule has 1 heterocycles. The number of rotatable bonds is 3. The van der Waals surface area contributed by atoms with Crippen LogP contribution in [0.1, 0.15) is 18.1 Å². The molecule has 1 aromatic heterocycles. The first-order valence-electron chi connectivity index (χ1n) is 6.92. The Labute approximate surface area is 122 Å². The fraction of sp³-hybridized carbons (Fsp3) is 0.176. The Bertz CT molecular complexity index is 896. The summed E-state index contributed by atoms with van der Waals surface area (Å²) in [7, 11) is 0. The number of hydrogen-bond donors (Lipinski definition) is 0. The van der Waals surface area contributed by atoms with Gasteiger partial charge in [-0.25, -0.2) is 4.79 Å². The summed E-state index contributed by atoms with van der Waals surface area (Å²) in [6.07, 6.45) is 0. The third-order valence-electron chi connectivity index (χ3n) is 3.71. The van der Waals surface area contributed by atoms with Crippen LogP contribution in [0.15, 0.2) is 53.3 Å². The molecule has 0 aliphatic heterocycles. The first-order valence-corrected chi connectivity index (χ1v) is 6.92. The largest absolute Gasteiger partial charge is 0.329 e. The van der Waals surface area contributed by atoms with Crippen molar-refractivity contribution in [3.8, 4) is 6.07 Å². The Morgan fingerprint density at radius 1 is 1.00 bits per heavy atom. The van der Waals surface area contributed by atoms with E-state index in [1.807, 2.05) is 49.4 Å². The summed E-state index contributed by atoms with van der Waals surface area (Å²) in [6, 6.07) is 17.3. The Morgan fingerprint density at radius 3 is 2.29 bits per heavy atom. The third-order valence-corrected chi connectivity index (χ3v) is 3.71.